The van der Waals surface area contributed by atoms with Gasteiger partial charge in [0.25, 0.3) is 5.69 Å². The number of esters is 2. The van der Waals surface area contributed by atoms with Gasteiger partial charge in [0.05, 0.1) is 19.1 Å². The van der Waals surface area contributed by atoms with Crippen LogP contribution >= 0.6 is 0 Å². The number of hydrogen-bond acceptors (Lipinski definition) is 8. The zero-order valence-electron chi connectivity index (χ0n) is 21.1. The smallest absolute Gasteiger partial charge is 0.355 e. The molecular weight excluding hydrogens is 488 g/mol. The number of nitro groups is 1. The van der Waals surface area contributed by atoms with Gasteiger partial charge in [-0.1, -0.05) is 48.5 Å². The molecule has 2 atom stereocenters. The predicted molar refractivity (Wildman–Crippen MR) is 141 cm³/mol. The Labute approximate surface area is 219 Å². The van der Waals surface area contributed by atoms with Crippen molar-refractivity contribution in [3.8, 4) is 0 Å². The van der Waals surface area contributed by atoms with Crippen LogP contribution in [0, 0.1) is 17.0 Å². The molecule has 0 amide bonds. The first-order valence-corrected chi connectivity index (χ1v) is 11.7. The number of aryl methyl sites for hydroxylation is 1. The van der Waals surface area contributed by atoms with Gasteiger partial charge in [-0.3, -0.25) is 10.1 Å². The lowest BCUT2D eigenvalue weighted by atomic mass is 9.95. The number of non-ortho nitro benzene ring substituents is 1. The van der Waals surface area contributed by atoms with Crippen LogP contribution in [0.25, 0.3) is 6.08 Å². The maximum absolute atomic E-state index is 13.3. The lowest BCUT2D eigenvalue weighted by molar-refractivity contribution is -0.384. The molecule has 3 aromatic rings. The van der Waals surface area contributed by atoms with Crippen LogP contribution in [0.4, 0.5) is 11.4 Å². The summed E-state index contributed by atoms with van der Waals surface area (Å²) in [6.45, 7) is 1.91. The molecule has 0 fully saturated rings. The van der Waals surface area contributed by atoms with Gasteiger partial charge < -0.3 is 19.1 Å². The lowest BCUT2D eigenvalue weighted by Gasteiger charge is -2.41. The molecule has 0 saturated carbocycles. The summed E-state index contributed by atoms with van der Waals surface area (Å²) in [5.74, 6) is -1.56. The van der Waals surface area contributed by atoms with Gasteiger partial charge in [0.2, 0.25) is 0 Å². The molecule has 0 aliphatic carbocycles. The molecule has 4 rings (SSSR count). The van der Waals surface area contributed by atoms with E-state index in [1.807, 2.05) is 61.5 Å². The van der Waals surface area contributed by atoms with Crippen molar-refractivity contribution >= 4 is 29.4 Å². The average molecular weight is 515 g/mol. The largest absolute Gasteiger partial charge is 0.466 e. The Morgan fingerprint density at radius 1 is 0.947 bits per heavy atom. The Bertz CT molecular complexity index is 1400. The van der Waals surface area contributed by atoms with E-state index in [1.165, 1.54) is 38.5 Å². The fourth-order valence-corrected chi connectivity index (χ4v) is 4.23. The van der Waals surface area contributed by atoms with E-state index in [-0.39, 0.29) is 17.0 Å². The van der Waals surface area contributed by atoms with Crippen molar-refractivity contribution in [2.24, 2.45) is 0 Å². The molecule has 194 valence electrons. The highest BCUT2D eigenvalue weighted by Crippen LogP contribution is 2.41. The fraction of sp³-hybridized carbons (Fsp3) is 0.172. The number of methoxy groups -OCH3 is 2. The molecular formula is C29H26N2O7. The number of nitrogens with zero attached hydrogens (tertiary/aromatic N) is 2. The molecule has 9 nitrogen and oxygen atoms in total. The number of nitro benzene ring substituents is 1. The molecule has 0 bridgehead atoms. The maximum Gasteiger partial charge on any atom is 0.355 e. The highest BCUT2D eigenvalue weighted by atomic mass is 16.6. The molecule has 38 heavy (non-hydrogen) atoms. The summed E-state index contributed by atoms with van der Waals surface area (Å²) in [5, 5.41) is 11.2. The summed E-state index contributed by atoms with van der Waals surface area (Å²) < 4.78 is 16.7. The first-order chi connectivity index (χ1) is 18.3. The zero-order chi connectivity index (χ0) is 27.2. The highest BCUT2D eigenvalue weighted by Gasteiger charge is 2.43. The van der Waals surface area contributed by atoms with E-state index in [0.717, 1.165) is 11.1 Å². The van der Waals surface area contributed by atoms with Gasteiger partial charge in [-0.05, 0) is 54.0 Å². The topological polar surface area (TPSA) is 108 Å². The lowest BCUT2D eigenvalue weighted by Crippen LogP contribution is -2.46. The summed E-state index contributed by atoms with van der Waals surface area (Å²) in [4.78, 5) is 38.7. The Morgan fingerprint density at radius 2 is 1.63 bits per heavy atom. The minimum atomic E-state index is -1.08. The van der Waals surface area contributed by atoms with Crippen molar-refractivity contribution in [2.45, 2.75) is 19.3 Å². The molecule has 1 aliphatic rings. The number of carbonyl (C=O) groups excluding carboxylic acids is 2. The maximum atomic E-state index is 13.3. The van der Waals surface area contributed by atoms with Crippen molar-refractivity contribution in [3.63, 3.8) is 0 Å². The Morgan fingerprint density at radius 3 is 2.24 bits per heavy atom. The van der Waals surface area contributed by atoms with E-state index in [4.69, 9.17) is 14.2 Å². The van der Waals surface area contributed by atoms with Crippen molar-refractivity contribution in [3.05, 3.63) is 123 Å². The van der Waals surface area contributed by atoms with Crippen LogP contribution in [-0.2, 0) is 23.8 Å². The number of rotatable bonds is 7. The van der Waals surface area contributed by atoms with E-state index < -0.39 is 29.2 Å². The van der Waals surface area contributed by atoms with Gasteiger partial charge in [0.1, 0.15) is 17.4 Å². The van der Waals surface area contributed by atoms with Crippen LogP contribution in [0.5, 0.6) is 0 Å². The summed E-state index contributed by atoms with van der Waals surface area (Å²) >= 11 is 0. The molecule has 3 aromatic carbocycles. The fourth-order valence-electron chi connectivity index (χ4n) is 4.23. The van der Waals surface area contributed by atoms with E-state index in [9.17, 15) is 19.7 Å². The van der Waals surface area contributed by atoms with Crippen molar-refractivity contribution < 1.29 is 28.7 Å². The van der Waals surface area contributed by atoms with Gasteiger partial charge in [-0.15, -0.1) is 0 Å². The first-order valence-electron chi connectivity index (χ1n) is 11.7. The Balaban J connectivity index is 1.96. The second-order valence-corrected chi connectivity index (χ2v) is 8.48. The second kappa shape index (κ2) is 11.5. The molecule has 0 aromatic heterocycles. The number of ether oxygens (including phenoxy) is 3. The van der Waals surface area contributed by atoms with Gasteiger partial charge in [-0.2, -0.15) is 0 Å². The van der Waals surface area contributed by atoms with Gasteiger partial charge in [0, 0.05) is 17.8 Å². The third-order valence-electron chi connectivity index (χ3n) is 6.01. The first kappa shape index (κ1) is 26.3. The Hall–Kier alpha value is -4.76. The zero-order valence-corrected chi connectivity index (χ0v) is 21.1. The SMILES string of the molecule is COC(=O)C1=C(C(=O)OC)N(c2cccc(C)c2)[C@H](/C=C/c2ccccc2)O[C@H]1c1ccc([N+](=O)[O-])cc1. The summed E-state index contributed by atoms with van der Waals surface area (Å²) in [6, 6.07) is 22.5. The molecule has 1 heterocycles. The normalized spacial score (nSPS) is 17.4. The van der Waals surface area contributed by atoms with Crippen LogP contribution in [0.15, 0.2) is 96.2 Å². The number of anilines is 1. The predicted octanol–water partition coefficient (Wildman–Crippen LogP) is 5.12. The summed E-state index contributed by atoms with van der Waals surface area (Å²) in [5.41, 5.74) is 2.59. The van der Waals surface area contributed by atoms with Crippen LogP contribution in [0.3, 0.4) is 0 Å². The molecule has 0 spiro atoms. The molecule has 0 N–H and O–H groups in total. The average Bonchev–Trinajstić information content (AvgIpc) is 2.95. The molecule has 0 saturated heterocycles. The van der Waals surface area contributed by atoms with Gasteiger partial charge in [0.15, 0.2) is 6.23 Å². The molecule has 1 aliphatic heterocycles. The minimum Gasteiger partial charge on any atom is -0.466 e. The van der Waals surface area contributed by atoms with E-state index in [0.29, 0.717) is 11.3 Å². The quantitative estimate of drug-likeness (QED) is 0.243. The van der Waals surface area contributed by atoms with Crippen LogP contribution < -0.4 is 4.90 Å². The monoisotopic (exact) mass is 514 g/mol. The van der Waals surface area contributed by atoms with Crippen molar-refractivity contribution in [2.75, 3.05) is 19.1 Å². The highest BCUT2D eigenvalue weighted by molar-refractivity contribution is 6.04. The summed E-state index contributed by atoms with van der Waals surface area (Å²) in [7, 11) is 2.43. The number of carbonyl (C=O) groups is 2. The van der Waals surface area contributed by atoms with E-state index in [2.05, 4.69) is 0 Å². The molecule has 0 radical (unpaired) electrons. The van der Waals surface area contributed by atoms with Crippen LogP contribution in [0.2, 0.25) is 0 Å². The molecule has 0 unspecified atom stereocenters. The van der Waals surface area contributed by atoms with Gasteiger partial charge >= 0.3 is 11.9 Å². The van der Waals surface area contributed by atoms with E-state index in [1.54, 1.807) is 17.0 Å². The second-order valence-electron chi connectivity index (χ2n) is 8.48. The van der Waals surface area contributed by atoms with Gasteiger partial charge in [-0.25, -0.2) is 9.59 Å². The molecule has 9 heteroatoms. The van der Waals surface area contributed by atoms with Crippen LogP contribution in [-0.4, -0.2) is 37.3 Å². The Kier molecular flexibility index (Phi) is 7.98. The number of benzene rings is 3. The van der Waals surface area contributed by atoms with Crippen molar-refractivity contribution in [1.82, 2.24) is 0 Å². The van der Waals surface area contributed by atoms with Crippen molar-refractivity contribution in [1.29, 1.82) is 0 Å². The third-order valence-corrected chi connectivity index (χ3v) is 6.01. The standard InChI is InChI=1S/C29H26N2O7/c1-19-8-7-11-23(18-19)30-24(17-12-20-9-5-4-6-10-20)38-27(21-13-15-22(16-14-21)31(34)35)25(28(32)36-2)26(30)29(33)37-3/h4-18,24,27H,1-3H3/b17-12+/t24-,27-/m0/s1. The summed E-state index contributed by atoms with van der Waals surface area (Å²) in [6.07, 6.45) is 1.68. The minimum absolute atomic E-state index is 0.0535. The number of hydrogen-bond donors (Lipinski definition) is 0. The third kappa shape index (κ3) is 5.47. The van der Waals surface area contributed by atoms with Crippen LogP contribution in [0.1, 0.15) is 22.8 Å². The van der Waals surface area contributed by atoms with E-state index >= 15 is 0 Å².